The van der Waals surface area contributed by atoms with E-state index in [0.717, 1.165) is 22.8 Å². The van der Waals surface area contributed by atoms with Gasteiger partial charge >= 0.3 is 0 Å². The molecule has 3 rings (SSSR count). The van der Waals surface area contributed by atoms with E-state index in [2.05, 4.69) is 15.2 Å². The van der Waals surface area contributed by atoms with Crippen molar-refractivity contribution in [2.45, 2.75) is 6.92 Å². The van der Waals surface area contributed by atoms with E-state index in [1.807, 2.05) is 35.9 Å². The SMILES string of the molecule is Cc1nccn1-c1ccc(-c2cc(N)n[nH]2)cc1Cl. The fourth-order valence-corrected chi connectivity index (χ4v) is 2.26. The van der Waals surface area contributed by atoms with Crippen molar-refractivity contribution in [3.05, 3.63) is 47.5 Å². The minimum atomic E-state index is 0.459. The van der Waals surface area contributed by atoms with Gasteiger partial charge in [0.05, 0.1) is 16.4 Å². The fourth-order valence-electron chi connectivity index (χ4n) is 1.99. The van der Waals surface area contributed by atoms with E-state index in [0.29, 0.717) is 10.8 Å². The third-order valence-corrected chi connectivity index (χ3v) is 3.24. The normalized spacial score (nSPS) is 10.8. The molecule has 0 aliphatic carbocycles. The highest BCUT2D eigenvalue weighted by atomic mass is 35.5. The van der Waals surface area contributed by atoms with Gasteiger partial charge in [-0.1, -0.05) is 17.7 Å². The number of nitrogens with two attached hydrogens (primary N) is 1. The van der Waals surface area contributed by atoms with Gasteiger partial charge < -0.3 is 10.3 Å². The molecule has 3 N–H and O–H groups in total. The van der Waals surface area contributed by atoms with Crippen molar-refractivity contribution in [1.82, 2.24) is 19.7 Å². The Morgan fingerprint density at radius 2 is 2.16 bits per heavy atom. The van der Waals surface area contributed by atoms with Crippen molar-refractivity contribution in [2.75, 3.05) is 5.73 Å². The van der Waals surface area contributed by atoms with Crippen LogP contribution in [0.2, 0.25) is 5.02 Å². The number of halogens is 1. The lowest BCUT2D eigenvalue weighted by atomic mass is 10.1. The first-order chi connectivity index (χ1) is 9.15. The number of aromatic amines is 1. The molecule has 1 aromatic carbocycles. The highest BCUT2D eigenvalue weighted by molar-refractivity contribution is 6.32. The quantitative estimate of drug-likeness (QED) is 0.754. The van der Waals surface area contributed by atoms with Crippen molar-refractivity contribution in [2.24, 2.45) is 0 Å². The molecule has 0 aliphatic rings. The number of benzene rings is 1. The summed E-state index contributed by atoms with van der Waals surface area (Å²) in [7, 11) is 0. The average molecular weight is 274 g/mol. The number of aromatic nitrogens is 4. The monoisotopic (exact) mass is 273 g/mol. The zero-order chi connectivity index (χ0) is 13.4. The molecule has 0 fully saturated rings. The smallest absolute Gasteiger partial charge is 0.145 e. The van der Waals surface area contributed by atoms with Crippen LogP contribution in [0.3, 0.4) is 0 Å². The molecule has 96 valence electrons. The van der Waals surface area contributed by atoms with E-state index in [1.54, 1.807) is 12.3 Å². The summed E-state index contributed by atoms with van der Waals surface area (Å²) in [5.41, 5.74) is 8.27. The Morgan fingerprint density at radius 3 is 2.74 bits per heavy atom. The van der Waals surface area contributed by atoms with E-state index in [1.165, 1.54) is 0 Å². The third-order valence-electron chi connectivity index (χ3n) is 2.94. The standard InChI is InChI=1S/C13H12ClN5/c1-8-16-4-5-19(8)12-3-2-9(6-10(12)14)11-7-13(15)18-17-11/h2-7H,1H3,(H3,15,17,18). The lowest BCUT2D eigenvalue weighted by Crippen LogP contribution is -1.96. The third kappa shape index (κ3) is 2.08. The Morgan fingerprint density at radius 1 is 1.32 bits per heavy atom. The van der Waals surface area contributed by atoms with Gasteiger partial charge in [-0.15, -0.1) is 0 Å². The first kappa shape index (κ1) is 11.8. The Bertz CT molecular complexity index is 728. The maximum absolute atomic E-state index is 6.34. The number of hydrogen-bond acceptors (Lipinski definition) is 3. The molecule has 0 atom stereocenters. The largest absolute Gasteiger partial charge is 0.382 e. The molecule has 0 amide bonds. The zero-order valence-corrected chi connectivity index (χ0v) is 11.0. The van der Waals surface area contributed by atoms with Crippen LogP contribution < -0.4 is 5.73 Å². The second-order valence-electron chi connectivity index (χ2n) is 4.22. The maximum Gasteiger partial charge on any atom is 0.145 e. The summed E-state index contributed by atoms with van der Waals surface area (Å²) in [6, 6.07) is 7.56. The van der Waals surface area contributed by atoms with Gasteiger partial charge in [0.2, 0.25) is 0 Å². The van der Waals surface area contributed by atoms with Gasteiger partial charge in [0.15, 0.2) is 0 Å². The van der Waals surface area contributed by atoms with Gasteiger partial charge in [-0.2, -0.15) is 5.10 Å². The number of aryl methyl sites for hydroxylation is 1. The molecule has 0 bridgehead atoms. The van der Waals surface area contributed by atoms with E-state index in [4.69, 9.17) is 17.3 Å². The number of H-pyrrole nitrogens is 1. The zero-order valence-electron chi connectivity index (χ0n) is 10.3. The van der Waals surface area contributed by atoms with Crippen LogP contribution in [0.15, 0.2) is 36.7 Å². The van der Waals surface area contributed by atoms with Gasteiger partial charge in [0, 0.05) is 24.0 Å². The van der Waals surface area contributed by atoms with Crippen LogP contribution in [0.4, 0.5) is 5.82 Å². The Labute approximate surface area is 115 Å². The van der Waals surface area contributed by atoms with Gasteiger partial charge in [-0.05, 0) is 19.1 Å². The molecule has 0 radical (unpaired) electrons. The summed E-state index contributed by atoms with van der Waals surface area (Å²) in [5.74, 6) is 1.35. The highest BCUT2D eigenvalue weighted by Crippen LogP contribution is 2.28. The molecule has 2 heterocycles. The highest BCUT2D eigenvalue weighted by Gasteiger charge is 2.08. The topological polar surface area (TPSA) is 72.5 Å². The van der Waals surface area contributed by atoms with Crippen LogP contribution in [0, 0.1) is 6.92 Å². The summed E-state index contributed by atoms with van der Waals surface area (Å²) >= 11 is 6.34. The Balaban J connectivity index is 2.06. The lowest BCUT2D eigenvalue weighted by molar-refractivity contribution is 0.975. The number of nitrogens with one attached hydrogen (secondary N) is 1. The summed E-state index contributed by atoms with van der Waals surface area (Å²) in [6.45, 7) is 1.93. The van der Waals surface area contributed by atoms with Crippen LogP contribution in [0.5, 0.6) is 0 Å². The fraction of sp³-hybridized carbons (Fsp3) is 0.0769. The molecule has 0 spiro atoms. The van der Waals surface area contributed by atoms with Gasteiger partial charge in [-0.25, -0.2) is 4.98 Å². The number of nitrogen functional groups attached to an aromatic ring is 1. The molecule has 6 heteroatoms. The lowest BCUT2D eigenvalue weighted by Gasteiger charge is -2.08. The number of nitrogens with zero attached hydrogens (tertiary/aromatic N) is 3. The summed E-state index contributed by atoms with van der Waals surface area (Å²) in [5, 5.41) is 7.41. The second kappa shape index (κ2) is 4.44. The molecular weight excluding hydrogens is 262 g/mol. The van der Waals surface area contributed by atoms with E-state index in [9.17, 15) is 0 Å². The molecule has 2 aromatic heterocycles. The van der Waals surface area contributed by atoms with Crippen molar-refractivity contribution in [3.63, 3.8) is 0 Å². The molecular formula is C13H12ClN5. The van der Waals surface area contributed by atoms with Crippen LogP contribution in [-0.2, 0) is 0 Å². The molecule has 3 aromatic rings. The first-order valence-corrected chi connectivity index (χ1v) is 6.14. The van der Waals surface area contributed by atoms with Crippen molar-refractivity contribution >= 4 is 17.4 Å². The summed E-state index contributed by atoms with van der Waals surface area (Å²) < 4.78 is 1.94. The summed E-state index contributed by atoms with van der Waals surface area (Å²) in [4.78, 5) is 4.19. The second-order valence-corrected chi connectivity index (χ2v) is 4.62. The summed E-state index contributed by atoms with van der Waals surface area (Å²) in [6.07, 6.45) is 3.62. The van der Waals surface area contributed by atoms with Crippen LogP contribution in [0.25, 0.3) is 16.9 Å². The van der Waals surface area contributed by atoms with Gasteiger partial charge in [-0.3, -0.25) is 5.10 Å². The predicted octanol–water partition coefficient (Wildman–Crippen LogP) is 2.81. The van der Waals surface area contributed by atoms with Gasteiger partial charge in [0.25, 0.3) is 0 Å². The molecule has 0 saturated carbocycles. The molecule has 5 nitrogen and oxygen atoms in total. The maximum atomic E-state index is 6.34. The number of rotatable bonds is 2. The average Bonchev–Trinajstić information content (AvgIpc) is 2.98. The van der Waals surface area contributed by atoms with Crippen molar-refractivity contribution in [1.29, 1.82) is 0 Å². The molecule has 0 unspecified atom stereocenters. The predicted molar refractivity (Wildman–Crippen MR) is 75.3 cm³/mol. The van der Waals surface area contributed by atoms with Crippen molar-refractivity contribution in [3.8, 4) is 16.9 Å². The first-order valence-electron chi connectivity index (χ1n) is 5.76. The van der Waals surface area contributed by atoms with Crippen LogP contribution in [0.1, 0.15) is 5.82 Å². The van der Waals surface area contributed by atoms with E-state index in [-0.39, 0.29) is 0 Å². The molecule has 0 aliphatic heterocycles. The van der Waals surface area contributed by atoms with Crippen LogP contribution in [-0.4, -0.2) is 19.7 Å². The van der Waals surface area contributed by atoms with Crippen molar-refractivity contribution < 1.29 is 0 Å². The number of anilines is 1. The minimum Gasteiger partial charge on any atom is -0.382 e. The number of imidazole rings is 1. The molecule has 0 saturated heterocycles. The van der Waals surface area contributed by atoms with Gasteiger partial charge in [0.1, 0.15) is 11.6 Å². The minimum absolute atomic E-state index is 0.459. The molecule has 19 heavy (non-hydrogen) atoms. The Hall–Kier alpha value is -2.27. The Kier molecular flexibility index (Phi) is 2.76. The van der Waals surface area contributed by atoms with E-state index < -0.39 is 0 Å². The number of hydrogen-bond donors (Lipinski definition) is 2. The van der Waals surface area contributed by atoms with E-state index >= 15 is 0 Å². The van der Waals surface area contributed by atoms with Crippen LogP contribution >= 0.6 is 11.6 Å².